The number of rotatable bonds is 3. The zero-order valence-corrected chi connectivity index (χ0v) is 14.3. The molecular formula is C22H20N2O2. The van der Waals surface area contributed by atoms with E-state index in [-0.39, 0.29) is 12.1 Å². The van der Waals surface area contributed by atoms with Crippen molar-refractivity contribution >= 4 is 11.7 Å². The largest absolute Gasteiger partial charge is 0.493 e. The lowest BCUT2D eigenvalue weighted by molar-refractivity contribution is 0.232. The van der Waals surface area contributed by atoms with Gasteiger partial charge in [0.25, 0.3) is 0 Å². The molecule has 1 aliphatic rings. The second-order valence-electron chi connectivity index (χ2n) is 6.24. The first-order chi connectivity index (χ1) is 12.8. The maximum Gasteiger partial charge on any atom is 0.319 e. The first-order valence-corrected chi connectivity index (χ1v) is 8.75. The number of carbonyl (C=O) groups excluding carboxylic acids is 1. The third-order valence-electron chi connectivity index (χ3n) is 4.52. The van der Waals surface area contributed by atoms with Crippen LogP contribution < -0.4 is 15.4 Å². The molecule has 3 aromatic carbocycles. The Hall–Kier alpha value is -3.27. The molecule has 0 aromatic heterocycles. The fourth-order valence-electron chi connectivity index (χ4n) is 3.27. The summed E-state index contributed by atoms with van der Waals surface area (Å²) in [5, 5.41) is 6.07. The smallest absolute Gasteiger partial charge is 0.319 e. The number of urea groups is 1. The first kappa shape index (κ1) is 16.2. The molecule has 0 fully saturated rings. The highest BCUT2D eigenvalue weighted by Crippen LogP contribution is 2.32. The van der Waals surface area contributed by atoms with Crippen molar-refractivity contribution in [3.63, 3.8) is 0 Å². The molecule has 130 valence electrons. The van der Waals surface area contributed by atoms with Crippen LogP contribution in [-0.2, 0) is 0 Å². The van der Waals surface area contributed by atoms with E-state index in [1.165, 1.54) is 0 Å². The Balaban J connectivity index is 1.52. The topological polar surface area (TPSA) is 50.4 Å². The monoisotopic (exact) mass is 344 g/mol. The van der Waals surface area contributed by atoms with E-state index in [4.69, 9.17) is 4.74 Å². The molecule has 1 aliphatic heterocycles. The normalized spacial score (nSPS) is 15.5. The van der Waals surface area contributed by atoms with E-state index in [0.29, 0.717) is 6.61 Å². The minimum absolute atomic E-state index is 0.0520. The lowest BCUT2D eigenvalue weighted by Crippen LogP contribution is -2.35. The number of anilines is 1. The van der Waals surface area contributed by atoms with Gasteiger partial charge in [0.1, 0.15) is 5.75 Å². The Morgan fingerprint density at radius 3 is 2.50 bits per heavy atom. The van der Waals surface area contributed by atoms with Gasteiger partial charge in [0.2, 0.25) is 0 Å². The predicted molar refractivity (Wildman–Crippen MR) is 103 cm³/mol. The highest BCUT2D eigenvalue weighted by Gasteiger charge is 2.22. The van der Waals surface area contributed by atoms with Crippen molar-refractivity contribution in [2.75, 3.05) is 11.9 Å². The van der Waals surface area contributed by atoms with Gasteiger partial charge in [0.15, 0.2) is 0 Å². The van der Waals surface area contributed by atoms with E-state index < -0.39 is 0 Å². The molecule has 0 saturated carbocycles. The van der Waals surface area contributed by atoms with Crippen molar-refractivity contribution in [1.82, 2.24) is 5.32 Å². The summed E-state index contributed by atoms with van der Waals surface area (Å²) < 4.78 is 5.66. The van der Waals surface area contributed by atoms with E-state index in [1.807, 2.05) is 78.9 Å². The van der Waals surface area contributed by atoms with Gasteiger partial charge in [-0.15, -0.1) is 0 Å². The van der Waals surface area contributed by atoms with Gasteiger partial charge in [-0.05, 0) is 17.7 Å². The van der Waals surface area contributed by atoms with Crippen LogP contribution in [0.25, 0.3) is 11.1 Å². The molecule has 0 radical (unpaired) electrons. The van der Waals surface area contributed by atoms with Gasteiger partial charge < -0.3 is 15.4 Å². The van der Waals surface area contributed by atoms with Crippen molar-refractivity contribution in [3.8, 4) is 16.9 Å². The van der Waals surface area contributed by atoms with Crippen LogP contribution in [0.15, 0.2) is 78.9 Å². The average molecular weight is 344 g/mol. The van der Waals surface area contributed by atoms with Gasteiger partial charge in [-0.1, -0.05) is 66.7 Å². The van der Waals surface area contributed by atoms with Crippen molar-refractivity contribution in [1.29, 1.82) is 0 Å². The van der Waals surface area contributed by atoms with E-state index in [2.05, 4.69) is 10.6 Å². The number of para-hydroxylation sites is 2. The highest BCUT2D eigenvalue weighted by atomic mass is 16.5. The second kappa shape index (κ2) is 7.31. The average Bonchev–Trinajstić information content (AvgIpc) is 2.69. The van der Waals surface area contributed by atoms with Crippen LogP contribution in [0.5, 0.6) is 5.75 Å². The lowest BCUT2D eigenvalue weighted by Gasteiger charge is -2.26. The van der Waals surface area contributed by atoms with Gasteiger partial charge in [-0.3, -0.25) is 0 Å². The molecule has 0 unspecified atom stereocenters. The Morgan fingerprint density at radius 2 is 1.62 bits per heavy atom. The van der Waals surface area contributed by atoms with Crippen LogP contribution in [-0.4, -0.2) is 12.6 Å². The fourth-order valence-corrected chi connectivity index (χ4v) is 3.27. The minimum atomic E-state index is -0.213. The predicted octanol–water partition coefficient (Wildman–Crippen LogP) is 5.00. The van der Waals surface area contributed by atoms with Crippen LogP contribution in [0.2, 0.25) is 0 Å². The van der Waals surface area contributed by atoms with E-state index in [1.54, 1.807) is 0 Å². The third-order valence-corrected chi connectivity index (χ3v) is 4.52. The summed E-state index contributed by atoms with van der Waals surface area (Å²) >= 11 is 0. The zero-order chi connectivity index (χ0) is 17.8. The van der Waals surface area contributed by atoms with Crippen LogP contribution >= 0.6 is 0 Å². The van der Waals surface area contributed by atoms with Crippen molar-refractivity contribution in [2.24, 2.45) is 0 Å². The molecule has 4 rings (SSSR count). The van der Waals surface area contributed by atoms with Crippen LogP contribution in [0.4, 0.5) is 10.5 Å². The molecule has 26 heavy (non-hydrogen) atoms. The molecule has 4 heteroatoms. The molecule has 2 amide bonds. The van der Waals surface area contributed by atoms with Crippen LogP contribution in [0.3, 0.4) is 0 Å². The Bertz CT molecular complexity index is 909. The number of carbonyl (C=O) groups is 1. The molecule has 0 saturated heterocycles. The molecule has 0 spiro atoms. The van der Waals surface area contributed by atoms with Crippen LogP contribution in [0, 0.1) is 0 Å². The number of hydrogen-bond donors (Lipinski definition) is 2. The number of nitrogens with one attached hydrogen (secondary N) is 2. The quantitative estimate of drug-likeness (QED) is 0.702. The summed E-state index contributed by atoms with van der Waals surface area (Å²) in [6.45, 7) is 0.600. The Morgan fingerprint density at radius 1 is 0.885 bits per heavy atom. The molecular weight excluding hydrogens is 324 g/mol. The Labute approximate surface area is 152 Å². The fraction of sp³-hybridized carbons (Fsp3) is 0.136. The second-order valence-corrected chi connectivity index (χ2v) is 6.24. The SMILES string of the molecule is O=C(Nc1ccccc1-c1ccccc1)N[C@H]1CCOc2ccccc21. The third kappa shape index (κ3) is 3.40. The molecule has 3 aromatic rings. The van der Waals surface area contributed by atoms with E-state index in [0.717, 1.165) is 34.5 Å². The summed E-state index contributed by atoms with van der Waals surface area (Å²) in [5.41, 5.74) is 3.87. The van der Waals surface area contributed by atoms with E-state index >= 15 is 0 Å². The van der Waals surface area contributed by atoms with Crippen molar-refractivity contribution < 1.29 is 9.53 Å². The van der Waals surface area contributed by atoms with Gasteiger partial charge in [-0.25, -0.2) is 4.79 Å². The van der Waals surface area contributed by atoms with Crippen LogP contribution in [0.1, 0.15) is 18.0 Å². The molecule has 0 aliphatic carbocycles. The Kier molecular flexibility index (Phi) is 4.56. The summed E-state index contributed by atoms with van der Waals surface area (Å²) in [4.78, 5) is 12.6. The number of benzene rings is 3. The number of hydrogen-bond acceptors (Lipinski definition) is 2. The maximum absolute atomic E-state index is 12.6. The summed E-state index contributed by atoms with van der Waals surface area (Å²) in [6.07, 6.45) is 0.755. The van der Waals surface area contributed by atoms with Gasteiger partial charge in [0, 0.05) is 17.5 Å². The molecule has 1 atom stereocenters. The highest BCUT2D eigenvalue weighted by molar-refractivity contribution is 5.94. The standard InChI is InChI=1S/C22H20N2O2/c25-22(24-20-14-15-26-21-13-7-5-11-18(20)21)23-19-12-6-4-10-17(19)16-8-2-1-3-9-16/h1-13,20H,14-15H2,(H2,23,24,25)/t20-/m0/s1. The number of ether oxygens (including phenoxy) is 1. The molecule has 0 bridgehead atoms. The van der Waals surface area contributed by atoms with Crippen molar-refractivity contribution in [2.45, 2.75) is 12.5 Å². The number of amides is 2. The zero-order valence-electron chi connectivity index (χ0n) is 14.3. The molecule has 2 N–H and O–H groups in total. The van der Waals surface area contributed by atoms with Crippen molar-refractivity contribution in [3.05, 3.63) is 84.4 Å². The first-order valence-electron chi connectivity index (χ1n) is 8.75. The molecule has 1 heterocycles. The van der Waals surface area contributed by atoms with Gasteiger partial charge in [0.05, 0.1) is 18.3 Å². The number of fused-ring (bicyclic) bond motifs is 1. The summed E-state index contributed by atoms with van der Waals surface area (Å²) in [7, 11) is 0. The minimum Gasteiger partial charge on any atom is -0.493 e. The molecule has 4 nitrogen and oxygen atoms in total. The summed E-state index contributed by atoms with van der Waals surface area (Å²) in [6, 6.07) is 25.4. The lowest BCUT2D eigenvalue weighted by atomic mass is 10.0. The van der Waals surface area contributed by atoms with Gasteiger partial charge >= 0.3 is 6.03 Å². The van der Waals surface area contributed by atoms with Gasteiger partial charge in [-0.2, -0.15) is 0 Å². The summed E-state index contributed by atoms with van der Waals surface area (Å²) in [5.74, 6) is 0.841. The van der Waals surface area contributed by atoms with E-state index in [9.17, 15) is 4.79 Å². The maximum atomic E-state index is 12.6.